The zero-order valence-corrected chi connectivity index (χ0v) is 10.0. The second kappa shape index (κ2) is 6.05. The predicted molar refractivity (Wildman–Crippen MR) is 64.4 cm³/mol. The molecule has 1 aromatic heterocycles. The third-order valence-corrected chi connectivity index (χ3v) is 2.44. The number of aryl methyl sites for hydroxylation is 1. The molecule has 0 unspecified atom stereocenters. The highest BCUT2D eigenvalue weighted by Gasteiger charge is 2.09. The summed E-state index contributed by atoms with van der Waals surface area (Å²) in [5.74, 6) is -0.180. The number of amidine groups is 1. The van der Waals surface area contributed by atoms with Crippen molar-refractivity contribution < 1.29 is 9.94 Å². The van der Waals surface area contributed by atoms with Gasteiger partial charge < -0.3 is 20.2 Å². The molecule has 0 atom stereocenters. The van der Waals surface area contributed by atoms with Crippen molar-refractivity contribution in [3.63, 3.8) is 0 Å². The van der Waals surface area contributed by atoms with E-state index < -0.39 is 0 Å². The van der Waals surface area contributed by atoms with Crippen LogP contribution in [0.5, 0.6) is 0 Å². The third-order valence-electron chi connectivity index (χ3n) is 2.44. The first-order valence-electron chi connectivity index (χ1n) is 5.37. The lowest BCUT2D eigenvalue weighted by atomic mass is 10.2. The van der Waals surface area contributed by atoms with Crippen molar-refractivity contribution in [1.29, 1.82) is 0 Å². The maximum Gasteiger partial charge on any atom is 0.261 e. The summed E-state index contributed by atoms with van der Waals surface area (Å²) >= 11 is 0. The largest absolute Gasteiger partial charge is 0.409 e. The minimum atomic E-state index is -0.278. The molecular weight excluding hydrogens is 222 g/mol. The maximum atomic E-state index is 12.0. The van der Waals surface area contributed by atoms with Crippen LogP contribution in [0.3, 0.4) is 0 Å². The molecule has 0 aliphatic carbocycles. The van der Waals surface area contributed by atoms with Crippen LogP contribution in [-0.4, -0.2) is 28.8 Å². The minimum Gasteiger partial charge on any atom is -0.409 e. The Morgan fingerprint density at radius 1 is 1.59 bits per heavy atom. The van der Waals surface area contributed by atoms with Gasteiger partial charge in [-0.1, -0.05) is 5.16 Å². The van der Waals surface area contributed by atoms with Crippen molar-refractivity contribution in [2.24, 2.45) is 10.9 Å². The lowest BCUT2D eigenvalue weighted by molar-refractivity contribution is 0.138. The first-order chi connectivity index (χ1) is 8.11. The zero-order chi connectivity index (χ0) is 12.8. The fourth-order valence-electron chi connectivity index (χ4n) is 1.50. The van der Waals surface area contributed by atoms with Gasteiger partial charge in [-0.15, -0.1) is 0 Å². The second-order valence-corrected chi connectivity index (χ2v) is 3.53. The van der Waals surface area contributed by atoms with Gasteiger partial charge in [-0.25, -0.2) is 0 Å². The summed E-state index contributed by atoms with van der Waals surface area (Å²) in [4.78, 5) is 12.0. The molecule has 6 heteroatoms. The van der Waals surface area contributed by atoms with Gasteiger partial charge in [-0.05, 0) is 26.0 Å². The number of rotatable bonds is 5. The first kappa shape index (κ1) is 13.2. The van der Waals surface area contributed by atoms with Crippen molar-refractivity contribution >= 4 is 5.84 Å². The topological polar surface area (TPSA) is 89.8 Å². The highest BCUT2D eigenvalue weighted by Crippen LogP contribution is 1.99. The van der Waals surface area contributed by atoms with Crippen LogP contribution in [0, 0.1) is 6.92 Å². The van der Waals surface area contributed by atoms with Gasteiger partial charge in [0, 0.05) is 18.8 Å². The normalized spacial score (nSPS) is 11.8. The van der Waals surface area contributed by atoms with Crippen molar-refractivity contribution in [3.05, 3.63) is 33.7 Å². The molecule has 17 heavy (non-hydrogen) atoms. The molecule has 0 bridgehead atoms. The number of nitrogens with zero attached hydrogens (tertiary/aromatic N) is 2. The van der Waals surface area contributed by atoms with E-state index in [1.807, 2.05) is 13.8 Å². The van der Waals surface area contributed by atoms with E-state index in [2.05, 4.69) is 5.16 Å². The molecule has 6 nitrogen and oxygen atoms in total. The Morgan fingerprint density at radius 2 is 2.29 bits per heavy atom. The Balaban J connectivity index is 3.07. The number of hydrogen-bond donors (Lipinski definition) is 2. The van der Waals surface area contributed by atoms with E-state index in [0.717, 1.165) is 5.69 Å². The van der Waals surface area contributed by atoms with Crippen molar-refractivity contribution in [1.82, 2.24) is 4.57 Å². The zero-order valence-electron chi connectivity index (χ0n) is 10.0. The molecule has 0 aliphatic rings. The van der Waals surface area contributed by atoms with Gasteiger partial charge in [0.15, 0.2) is 5.84 Å². The molecule has 94 valence electrons. The van der Waals surface area contributed by atoms with Crippen LogP contribution >= 0.6 is 0 Å². The Morgan fingerprint density at radius 3 is 2.88 bits per heavy atom. The minimum absolute atomic E-state index is 0.180. The molecule has 1 rings (SSSR count). The number of oxime groups is 1. The van der Waals surface area contributed by atoms with Gasteiger partial charge >= 0.3 is 0 Å². The van der Waals surface area contributed by atoms with Crippen LogP contribution in [-0.2, 0) is 11.3 Å². The Kier molecular flexibility index (Phi) is 4.71. The standard InChI is InChI=1S/C11H17N3O3/c1-3-17-7-6-14-8(2)4-5-9(11(14)15)10(12)13-16/h4-5,16H,3,6-7H2,1-2H3,(H2,12,13). The molecule has 0 radical (unpaired) electrons. The molecule has 0 amide bonds. The molecule has 0 spiro atoms. The van der Waals surface area contributed by atoms with Crippen LogP contribution in [0.1, 0.15) is 18.2 Å². The summed E-state index contributed by atoms with van der Waals surface area (Å²) in [7, 11) is 0. The number of nitrogens with two attached hydrogens (primary N) is 1. The average molecular weight is 239 g/mol. The Bertz CT molecular complexity index is 466. The smallest absolute Gasteiger partial charge is 0.261 e. The molecule has 0 fully saturated rings. The van der Waals surface area contributed by atoms with Gasteiger partial charge in [0.2, 0.25) is 0 Å². The third kappa shape index (κ3) is 3.07. The van der Waals surface area contributed by atoms with Crippen LogP contribution in [0.25, 0.3) is 0 Å². The van der Waals surface area contributed by atoms with E-state index in [4.69, 9.17) is 15.7 Å². The second-order valence-electron chi connectivity index (χ2n) is 3.53. The molecule has 0 saturated heterocycles. The number of hydrogen-bond acceptors (Lipinski definition) is 4. The fraction of sp³-hybridized carbons (Fsp3) is 0.455. The summed E-state index contributed by atoms with van der Waals surface area (Å²) in [5.41, 5.74) is 6.15. The predicted octanol–water partition coefficient (Wildman–Crippen LogP) is 0.288. The maximum absolute atomic E-state index is 12.0. The van der Waals surface area contributed by atoms with E-state index in [-0.39, 0.29) is 17.0 Å². The highest BCUT2D eigenvalue weighted by atomic mass is 16.5. The average Bonchev–Trinajstić information content (AvgIpc) is 2.32. The van der Waals surface area contributed by atoms with E-state index >= 15 is 0 Å². The van der Waals surface area contributed by atoms with Gasteiger partial charge in [0.05, 0.1) is 12.2 Å². The van der Waals surface area contributed by atoms with E-state index in [1.165, 1.54) is 0 Å². The quantitative estimate of drug-likeness (QED) is 0.254. The van der Waals surface area contributed by atoms with Crippen molar-refractivity contribution in [2.45, 2.75) is 20.4 Å². The Labute approximate surface area is 99.3 Å². The van der Waals surface area contributed by atoms with Gasteiger partial charge in [0.1, 0.15) is 0 Å². The number of aromatic nitrogens is 1. The summed E-state index contributed by atoms with van der Waals surface area (Å²) in [6.45, 7) is 5.22. The summed E-state index contributed by atoms with van der Waals surface area (Å²) in [5, 5.41) is 11.4. The summed E-state index contributed by atoms with van der Waals surface area (Å²) in [6, 6.07) is 3.30. The summed E-state index contributed by atoms with van der Waals surface area (Å²) in [6.07, 6.45) is 0. The molecule has 1 aromatic rings. The molecule has 0 aromatic carbocycles. The molecule has 0 aliphatic heterocycles. The lowest BCUT2D eigenvalue weighted by Crippen LogP contribution is -2.32. The van der Waals surface area contributed by atoms with Crippen LogP contribution in [0.15, 0.2) is 22.1 Å². The fourth-order valence-corrected chi connectivity index (χ4v) is 1.50. The van der Waals surface area contributed by atoms with Crippen LogP contribution in [0.4, 0.5) is 0 Å². The van der Waals surface area contributed by atoms with Gasteiger partial charge in [-0.2, -0.15) is 0 Å². The van der Waals surface area contributed by atoms with Crippen LogP contribution in [0.2, 0.25) is 0 Å². The molecular formula is C11H17N3O3. The van der Waals surface area contributed by atoms with E-state index in [9.17, 15) is 4.79 Å². The van der Waals surface area contributed by atoms with Crippen molar-refractivity contribution in [3.8, 4) is 0 Å². The Hall–Kier alpha value is -1.82. The lowest BCUT2D eigenvalue weighted by Gasteiger charge is -2.11. The van der Waals surface area contributed by atoms with Crippen LogP contribution < -0.4 is 11.3 Å². The number of ether oxygens (including phenoxy) is 1. The first-order valence-corrected chi connectivity index (χ1v) is 5.37. The monoisotopic (exact) mass is 239 g/mol. The molecule has 1 heterocycles. The molecule has 0 saturated carbocycles. The summed E-state index contributed by atoms with van der Waals surface area (Å²) < 4.78 is 6.75. The molecule has 3 N–H and O–H groups in total. The SMILES string of the molecule is CCOCCn1c(C)ccc(/C(N)=N/O)c1=O. The van der Waals surface area contributed by atoms with E-state index in [0.29, 0.717) is 19.8 Å². The van der Waals surface area contributed by atoms with Gasteiger partial charge in [0.25, 0.3) is 5.56 Å². The van der Waals surface area contributed by atoms with E-state index in [1.54, 1.807) is 16.7 Å². The van der Waals surface area contributed by atoms with Gasteiger partial charge in [-0.3, -0.25) is 4.79 Å². The number of pyridine rings is 1. The van der Waals surface area contributed by atoms with Crippen molar-refractivity contribution in [2.75, 3.05) is 13.2 Å². The highest BCUT2D eigenvalue weighted by molar-refractivity contribution is 5.96.